The van der Waals surface area contributed by atoms with Crippen LogP contribution < -0.4 is 5.32 Å². The number of carbonyl (C=O) groups is 1. The number of nitrogens with zero attached hydrogens (tertiary/aromatic N) is 1. The van der Waals surface area contributed by atoms with Gasteiger partial charge in [0.2, 0.25) is 5.91 Å². The van der Waals surface area contributed by atoms with Crippen LogP contribution in [0.4, 0.5) is 0 Å². The van der Waals surface area contributed by atoms with Crippen LogP contribution in [0.3, 0.4) is 0 Å². The fourth-order valence-corrected chi connectivity index (χ4v) is 2.62. The monoisotopic (exact) mass is 256 g/mol. The van der Waals surface area contributed by atoms with E-state index >= 15 is 0 Å². The first-order valence-corrected chi connectivity index (χ1v) is 6.86. The largest absolute Gasteiger partial charge is 0.396 e. The van der Waals surface area contributed by atoms with Gasteiger partial charge >= 0.3 is 0 Å². The van der Waals surface area contributed by atoms with E-state index in [0.717, 1.165) is 45.4 Å². The Labute approximate surface area is 108 Å². The molecule has 1 unspecified atom stereocenters. The predicted molar refractivity (Wildman–Crippen MR) is 68.2 cm³/mol. The normalized spacial score (nSPS) is 26.8. The van der Waals surface area contributed by atoms with Crippen LogP contribution in [0.5, 0.6) is 0 Å². The van der Waals surface area contributed by atoms with Gasteiger partial charge in [0.25, 0.3) is 0 Å². The minimum atomic E-state index is -0.157. The quantitative estimate of drug-likeness (QED) is 0.726. The minimum Gasteiger partial charge on any atom is -0.396 e. The smallest absolute Gasteiger partial charge is 0.248 e. The fourth-order valence-electron chi connectivity index (χ4n) is 2.62. The van der Waals surface area contributed by atoms with Crippen LogP contribution in [0, 0.1) is 5.92 Å². The summed E-state index contributed by atoms with van der Waals surface area (Å²) in [5, 5.41) is 12.1. The Morgan fingerprint density at radius 2 is 2.33 bits per heavy atom. The first kappa shape index (κ1) is 13.8. The van der Waals surface area contributed by atoms with Crippen molar-refractivity contribution in [3.63, 3.8) is 0 Å². The molecule has 2 heterocycles. The van der Waals surface area contributed by atoms with Gasteiger partial charge in [-0.3, -0.25) is 4.79 Å². The van der Waals surface area contributed by atoms with Crippen LogP contribution in [0.25, 0.3) is 0 Å². The zero-order chi connectivity index (χ0) is 13.0. The number of rotatable bonds is 5. The molecule has 1 amide bonds. The first-order chi connectivity index (χ1) is 8.63. The number of hydrogen-bond donors (Lipinski definition) is 2. The molecule has 104 valence electrons. The molecule has 5 heteroatoms. The number of likely N-dealkylation sites (tertiary alicyclic amines) is 1. The standard InChI is InChI=1S/C13H24N2O3/c1-13(9-14-10-13)18-8-12(17)15-5-2-3-11(7-15)4-6-16/h11,14,16H,2-10H2,1H3. The molecule has 0 aromatic carbocycles. The number of nitrogens with one attached hydrogen (secondary N) is 1. The molecule has 2 N–H and O–H groups in total. The van der Waals surface area contributed by atoms with Gasteiger partial charge in [0.15, 0.2) is 0 Å². The van der Waals surface area contributed by atoms with E-state index in [1.807, 2.05) is 11.8 Å². The van der Waals surface area contributed by atoms with Crippen molar-refractivity contribution < 1.29 is 14.6 Å². The maximum Gasteiger partial charge on any atom is 0.248 e. The molecule has 0 bridgehead atoms. The summed E-state index contributed by atoms with van der Waals surface area (Å²) in [5.74, 6) is 0.541. The molecule has 0 aliphatic carbocycles. The molecule has 0 spiro atoms. The third-order valence-corrected chi connectivity index (χ3v) is 3.95. The van der Waals surface area contributed by atoms with Crippen molar-refractivity contribution in [1.82, 2.24) is 10.2 Å². The number of ether oxygens (including phenoxy) is 1. The highest BCUT2D eigenvalue weighted by atomic mass is 16.5. The Hall–Kier alpha value is -0.650. The van der Waals surface area contributed by atoms with Crippen LogP contribution in [-0.4, -0.2) is 60.9 Å². The number of aliphatic hydroxyl groups is 1. The molecule has 2 aliphatic heterocycles. The second-order valence-electron chi connectivity index (χ2n) is 5.70. The molecule has 1 atom stereocenters. The Bertz CT molecular complexity index is 290. The van der Waals surface area contributed by atoms with Gasteiger partial charge in [-0.05, 0) is 32.1 Å². The lowest BCUT2D eigenvalue weighted by molar-refractivity contribution is -0.147. The van der Waals surface area contributed by atoms with E-state index in [9.17, 15) is 4.79 Å². The summed E-state index contributed by atoms with van der Waals surface area (Å²) in [7, 11) is 0. The molecule has 18 heavy (non-hydrogen) atoms. The van der Waals surface area contributed by atoms with Gasteiger partial charge in [0.1, 0.15) is 6.61 Å². The van der Waals surface area contributed by atoms with Crippen molar-refractivity contribution in [2.24, 2.45) is 5.92 Å². The SMILES string of the molecule is CC1(OCC(=O)N2CCCC(CCO)C2)CNC1. The summed E-state index contributed by atoms with van der Waals surface area (Å²) in [6, 6.07) is 0. The van der Waals surface area contributed by atoms with Crippen LogP contribution in [0.2, 0.25) is 0 Å². The number of carbonyl (C=O) groups excluding carboxylic acids is 1. The molecule has 2 saturated heterocycles. The number of amides is 1. The maximum atomic E-state index is 12.1. The third kappa shape index (κ3) is 3.43. The van der Waals surface area contributed by atoms with Crippen molar-refractivity contribution in [1.29, 1.82) is 0 Å². The number of hydrogen-bond acceptors (Lipinski definition) is 4. The van der Waals surface area contributed by atoms with Crippen molar-refractivity contribution in [2.75, 3.05) is 39.4 Å². The fraction of sp³-hybridized carbons (Fsp3) is 0.923. The molecule has 2 fully saturated rings. The van der Waals surface area contributed by atoms with Crippen molar-refractivity contribution in [3.8, 4) is 0 Å². The second kappa shape index (κ2) is 5.99. The summed E-state index contributed by atoms with van der Waals surface area (Å²) in [5.41, 5.74) is -0.157. The van der Waals surface area contributed by atoms with Gasteiger partial charge in [-0.2, -0.15) is 0 Å². The van der Waals surface area contributed by atoms with Crippen LogP contribution in [0.15, 0.2) is 0 Å². The lowest BCUT2D eigenvalue weighted by Crippen LogP contribution is -2.60. The summed E-state index contributed by atoms with van der Waals surface area (Å²) in [6.45, 7) is 5.69. The zero-order valence-corrected chi connectivity index (χ0v) is 11.2. The third-order valence-electron chi connectivity index (χ3n) is 3.95. The second-order valence-corrected chi connectivity index (χ2v) is 5.70. The molecule has 0 aromatic rings. The van der Waals surface area contributed by atoms with Gasteiger partial charge < -0.3 is 20.1 Å². The average Bonchev–Trinajstić information content (AvgIpc) is 2.34. The lowest BCUT2D eigenvalue weighted by atomic mass is 9.95. The van der Waals surface area contributed by atoms with E-state index in [2.05, 4.69) is 5.32 Å². The van der Waals surface area contributed by atoms with Gasteiger partial charge in [-0.25, -0.2) is 0 Å². The van der Waals surface area contributed by atoms with E-state index in [-0.39, 0.29) is 24.7 Å². The van der Waals surface area contributed by atoms with Crippen LogP contribution >= 0.6 is 0 Å². The summed E-state index contributed by atoms with van der Waals surface area (Å²) >= 11 is 0. The minimum absolute atomic E-state index is 0.0887. The van der Waals surface area contributed by atoms with Crippen molar-refractivity contribution >= 4 is 5.91 Å². The Balaban J connectivity index is 1.74. The summed E-state index contributed by atoms with van der Waals surface area (Å²) in [6.07, 6.45) is 2.95. The molecule has 0 saturated carbocycles. The van der Waals surface area contributed by atoms with Crippen molar-refractivity contribution in [3.05, 3.63) is 0 Å². The van der Waals surface area contributed by atoms with Gasteiger partial charge in [-0.1, -0.05) is 0 Å². The lowest BCUT2D eigenvalue weighted by Gasteiger charge is -2.40. The average molecular weight is 256 g/mol. The maximum absolute atomic E-state index is 12.1. The Kier molecular flexibility index (Phi) is 4.59. The highest BCUT2D eigenvalue weighted by Gasteiger charge is 2.34. The summed E-state index contributed by atoms with van der Waals surface area (Å²) < 4.78 is 5.67. The zero-order valence-electron chi connectivity index (χ0n) is 11.2. The number of piperidine rings is 1. The van der Waals surface area contributed by atoms with E-state index in [1.54, 1.807) is 0 Å². The van der Waals surface area contributed by atoms with E-state index < -0.39 is 0 Å². The molecular weight excluding hydrogens is 232 g/mol. The highest BCUT2D eigenvalue weighted by Crippen LogP contribution is 2.20. The van der Waals surface area contributed by atoms with E-state index in [4.69, 9.17) is 9.84 Å². The summed E-state index contributed by atoms with van der Waals surface area (Å²) in [4.78, 5) is 13.9. The molecule has 0 radical (unpaired) electrons. The Morgan fingerprint density at radius 1 is 1.56 bits per heavy atom. The molecule has 2 rings (SSSR count). The molecule has 0 aromatic heterocycles. The van der Waals surface area contributed by atoms with Gasteiger partial charge in [0, 0.05) is 32.8 Å². The predicted octanol–water partition coefficient (Wildman–Crippen LogP) is -0.0141. The van der Waals surface area contributed by atoms with Gasteiger partial charge in [0.05, 0.1) is 5.60 Å². The van der Waals surface area contributed by atoms with Crippen molar-refractivity contribution in [2.45, 2.75) is 31.8 Å². The topological polar surface area (TPSA) is 61.8 Å². The molecule has 5 nitrogen and oxygen atoms in total. The van der Waals surface area contributed by atoms with E-state index in [0.29, 0.717) is 5.92 Å². The molecular formula is C13H24N2O3. The van der Waals surface area contributed by atoms with Crippen LogP contribution in [-0.2, 0) is 9.53 Å². The van der Waals surface area contributed by atoms with E-state index in [1.165, 1.54) is 0 Å². The molecule has 2 aliphatic rings. The number of aliphatic hydroxyl groups excluding tert-OH is 1. The van der Waals surface area contributed by atoms with Gasteiger partial charge in [-0.15, -0.1) is 0 Å². The Morgan fingerprint density at radius 3 is 2.94 bits per heavy atom. The first-order valence-electron chi connectivity index (χ1n) is 6.86. The highest BCUT2D eigenvalue weighted by molar-refractivity contribution is 5.77. The van der Waals surface area contributed by atoms with Crippen LogP contribution in [0.1, 0.15) is 26.2 Å².